The van der Waals surface area contributed by atoms with Crippen LogP contribution in [-0.4, -0.2) is 37.2 Å². The standard InChI is InChI=1S/C67H116O6/c1-4-7-10-13-16-19-22-25-26-27-28-29-30-31-32-33-34-35-36-37-38-39-40-43-45-48-51-54-57-60-66(69)72-63-64(73-67(70)61-58-55-52-49-46-42-24-21-18-15-12-9-6-3)62-71-65(68)59-56-53-50-47-44-41-23-20-17-14-11-8-5-2/h9,12,18,20-23,25,27-28,30-31,42,46,64H,4-8,10-11,13-17,19,24,26,29,32-41,43-45,47-63H2,1-3H3/b12-9-,21-18-,23-20-,25-22-,28-27-,31-30-,46-42-. The van der Waals surface area contributed by atoms with Gasteiger partial charge in [0.25, 0.3) is 0 Å². The predicted octanol–water partition coefficient (Wildman–Crippen LogP) is 21.1. The van der Waals surface area contributed by atoms with Gasteiger partial charge >= 0.3 is 17.9 Å². The minimum absolute atomic E-state index is 0.0902. The van der Waals surface area contributed by atoms with Crippen LogP contribution in [0.5, 0.6) is 0 Å². The van der Waals surface area contributed by atoms with Crippen LogP contribution in [0.3, 0.4) is 0 Å². The molecule has 420 valence electrons. The van der Waals surface area contributed by atoms with E-state index in [4.69, 9.17) is 14.2 Å². The summed E-state index contributed by atoms with van der Waals surface area (Å²) in [6.07, 6.45) is 80.3. The molecule has 0 spiro atoms. The quantitative estimate of drug-likeness (QED) is 0.0261. The summed E-state index contributed by atoms with van der Waals surface area (Å²) < 4.78 is 16.8. The Morgan fingerprint density at radius 1 is 0.288 bits per heavy atom. The second-order valence-corrected chi connectivity index (χ2v) is 20.6. The minimum Gasteiger partial charge on any atom is -0.462 e. The lowest BCUT2D eigenvalue weighted by Crippen LogP contribution is -2.30. The number of ether oxygens (including phenoxy) is 3. The molecule has 0 N–H and O–H groups in total. The number of allylic oxidation sites excluding steroid dienone is 14. The van der Waals surface area contributed by atoms with E-state index in [1.54, 1.807) is 0 Å². The lowest BCUT2D eigenvalue weighted by molar-refractivity contribution is -0.167. The summed E-state index contributed by atoms with van der Waals surface area (Å²) in [5, 5.41) is 0. The molecule has 1 unspecified atom stereocenters. The highest BCUT2D eigenvalue weighted by Gasteiger charge is 2.19. The Morgan fingerprint density at radius 2 is 0.534 bits per heavy atom. The summed E-state index contributed by atoms with van der Waals surface area (Å²) in [6, 6.07) is 0. The van der Waals surface area contributed by atoms with Crippen LogP contribution in [0.25, 0.3) is 0 Å². The van der Waals surface area contributed by atoms with E-state index in [1.165, 1.54) is 161 Å². The summed E-state index contributed by atoms with van der Waals surface area (Å²) in [5.74, 6) is -0.922. The molecule has 0 heterocycles. The van der Waals surface area contributed by atoms with E-state index in [0.29, 0.717) is 19.3 Å². The molecule has 0 amide bonds. The molecule has 0 aromatic heterocycles. The van der Waals surface area contributed by atoms with Gasteiger partial charge in [-0.1, -0.05) is 254 Å². The maximum atomic E-state index is 12.8. The summed E-state index contributed by atoms with van der Waals surface area (Å²) in [4.78, 5) is 38.1. The fourth-order valence-electron chi connectivity index (χ4n) is 8.69. The molecule has 73 heavy (non-hydrogen) atoms. The van der Waals surface area contributed by atoms with E-state index in [-0.39, 0.29) is 31.1 Å². The third-order valence-corrected chi connectivity index (χ3v) is 13.4. The number of hydrogen-bond acceptors (Lipinski definition) is 6. The predicted molar refractivity (Wildman–Crippen MR) is 316 cm³/mol. The first-order valence-electron chi connectivity index (χ1n) is 31.1. The molecule has 0 saturated heterocycles. The normalized spacial score (nSPS) is 12.6. The Labute approximate surface area is 452 Å². The summed E-state index contributed by atoms with van der Waals surface area (Å²) in [7, 11) is 0. The number of unbranched alkanes of at least 4 members (excludes halogenated alkanes) is 31. The van der Waals surface area contributed by atoms with Crippen molar-refractivity contribution in [1.29, 1.82) is 0 Å². The Morgan fingerprint density at radius 3 is 0.877 bits per heavy atom. The lowest BCUT2D eigenvalue weighted by atomic mass is 10.0. The Bertz CT molecular complexity index is 1400. The van der Waals surface area contributed by atoms with E-state index in [1.807, 2.05) is 0 Å². The van der Waals surface area contributed by atoms with E-state index in [0.717, 1.165) is 103 Å². The Hall–Kier alpha value is -3.41. The van der Waals surface area contributed by atoms with Gasteiger partial charge in [0.15, 0.2) is 6.10 Å². The fraction of sp³-hybridized carbons (Fsp3) is 0.746. The van der Waals surface area contributed by atoms with Crippen LogP contribution < -0.4 is 0 Å². The van der Waals surface area contributed by atoms with E-state index >= 15 is 0 Å². The topological polar surface area (TPSA) is 78.9 Å². The van der Waals surface area contributed by atoms with Crippen molar-refractivity contribution >= 4 is 17.9 Å². The van der Waals surface area contributed by atoms with Crippen molar-refractivity contribution in [3.63, 3.8) is 0 Å². The molecule has 0 aliphatic carbocycles. The van der Waals surface area contributed by atoms with Gasteiger partial charge < -0.3 is 14.2 Å². The number of esters is 3. The van der Waals surface area contributed by atoms with Crippen LogP contribution in [0, 0.1) is 0 Å². The van der Waals surface area contributed by atoms with Gasteiger partial charge in [0.05, 0.1) is 0 Å². The number of rotatable bonds is 56. The van der Waals surface area contributed by atoms with Crippen molar-refractivity contribution in [2.75, 3.05) is 13.2 Å². The molecule has 0 aromatic rings. The molecule has 6 nitrogen and oxygen atoms in total. The van der Waals surface area contributed by atoms with Crippen molar-refractivity contribution in [2.24, 2.45) is 0 Å². The maximum Gasteiger partial charge on any atom is 0.306 e. The van der Waals surface area contributed by atoms with Gasteiger partial charge in [-0.3, -0.25) is 14.4 Å². The third kappa shape index (κ3) is 59.3. The molecule has 1 atom stereocenters. The smallest absolute Gasteiger partial charge is 0.306 e. The second kappa shape index (κ2) is 61.1. The van der Waals surface area contributed by atoms with Gasteiger partial charge in [0.2, 0.25) is 0 Å². The third-order valence-electron chi connectivity index (χ3n) is 13.4. The zero-order valence-corrected chi connectivity index (χ0v) is 48.1. The minimum atomic E-state index is -0.795. The first kappa shape index (κ1) is 69.6. The maximum absolute atomic E-state index is 12.8. The van der Waals surface area contributed by atoms with E-state index < -0.39 is 6.10 Å². The monoisotopic (exact) mass is 1020 g/mol. The molecule has 0 aliphatic rings. The number of carbonyl (C=O) groups excluding carboxylic acids is 3. The average molecular weight is 1020 g/mol. The van der Waals surface area contributed by atoms with Crippen LogP contribution in [0.1, 0.15) is 303 Å². The van der Waals surface area contributed by atoms with Crippen molar-refractivity contribution < 1.29 is 28.6 Å². The molecule has 0 saturated carbocycles. The van der Waals surface area contributed by atoms with Gasteiger partial charge in [0.1, 0.15) is 13.2 Å². The lowest BCUT2D eigenvalue weighted by Gasteiger charge is -2.18. The SMILES string of the molecule is CC/C=C\C/C=C\C/C=C\CCCCCC(=O)OC(COC(=O)CCCCCCC/C=C\CCCCCC)COC(=O)CCCCCCCCCCCCCCCC/C=C\C/C=C\C/C=C\CCCCCCC. The van der Waals surface area contributed by atoms with Gasteiger partial charge in [-0.2, -0.15) is 0 Å². The van der Waals surface area contributed by atoms with Crippen LogP contribution in [0.2, 0.25) is 0 Å². The zero-order chi connectivity index (χ0) is 52.9. The highest BCUT2D eigenvalue weighted by Crippen LogP contribution is 2.16. The number of hydrogen-bond donors (Lipinski definition) is 0. The molecule has 0 aliphatic heterocycles. The summed E-state index contributed by atoms with van der Waals surface area (Å²) in [6.45, 7) is 6.48. The second-order valence-electron chi connectivity index (χ2n) is 20.6. The van der Waals surface area contributed by atoms with Crippen LogP contribution >= 0.6 is 0 Å². The Balaban J connectivity index is 4.21. The fourth-order valence-corrected chi connectivity index (χ4v) is 8.69. The number of carbonyl (C=O) groups is 3. The van der Waals surface area contributed by atoms with E-state index in [2.05, 4.69) is 106 Å². The summed E-state index contributed by atoms with van der Waals surface area (Å²) >= 11 is 0. The zero-order valence-electron chi connectivity index (χ0n) is 48.1. The molecule has 0 rings (SSSR count). The molecule has 6 heteroatoms. The summed E-state index contributed by atoms with van der Waals surface area (Å²) in [5.41, 5.74) is 0. The van der Waals surface area contributed by atoms with Gasteiger partial charge in [0, 0.05) is 19.3 Å². The van der Waals surface area contributed by atoms with Crippen molar-refractivity contribution in [3.8, 4) is 0 Å². The van der Waals surface area contributed by atoms with Crippen LogP contribution in [0.15, 0.2) is 85.1 Å². The highest BCUT2D eigenvalue weighted by molar-refractivity contribution is 5.71. The first-order chi connectivity index (χ1) is 36.0. The average Bonchev–Trinajstić information content (AvgIpc) is 3.39. The molecule has 0 fully saturated rings. The van der Waals surface area contributed by atoms with Crippen LogP contribution in [-0.2, 0) is 28.6 Å². The Kier molecular flexibility index (Phi) is 58.3. The molecule has 0 radical (unpaired) electrons. The molecule has 0 aromatic carbocycles. The van der Waals surface area contributed by atoms with Gasteiger partial charge in [-0.05, 0) is 116 Å². The van der Waals surface area contributed by atoms with Gasteiger partial charge in [-0.15, -0.1) is 0 Å². The van der Waals surface area contributed by atoms with Gasteiger partial charge in [-0.25, -0.2) is 0 Å². The molecule has 0 bridgehead atoms. The van der Waals surface area contributed by atoms with Crippen molar-refractivity contribution in [2.45, 2.75) is 309 Å². The molecular weight excluding hydrogens is 901 g/mol. The molecular formula is C67H116O6. The van der Waals surface area contributed by atoms with E-state index in [9.17, 15) is 14.4 Å². The largest absolute Gasteiger partial charge is 0.462 e. The highest BCUT2D eigenvalue weighted by atomic mass is 16.6. The first-order valence-corrected chi connectivity index (χ1v) is 31.1. The van der Waals surface area contributed by atoms with Crippen molar-refractivity contribution in [1.82, 2.24) is 0 Å². The van der Waals surface area contributed by atoms with Crippen LogP contribution in [0.4, 0.5) is 0 Å². The van der Waals surface area contributed by atoms with Crippen molar-refractivity contribution in [3.05, 3.63) is 85.1 Å².